The van der Waals surface area contributed by atoms with Crippen molar-refractivity contribution in [3.63, 3.8) is 0 Å². The Kier molecular flexibility index (Phi) is 2.68. The third kappa shape index (κ3) is 1.93. The van der Waals surface area contributed by atoms with E-state index in [9.17, 15) is 4.39 Å². The van der Waals surface area contributed by atoms with E-state index in [1.807, 2.05) is 24.3 Å². The normalized spacial score (nSPS) is 27.8. The smallest absolute Gasteiger partial charge is 0.107 e. The molecular formula is C11H12BrF. The minimum absolute atomic E-state index is 0.137. The molecule has 2 unspecified atom stereocenters. The Balaban J connectivity index is 2.24. The summed E-state index contributed by atoms with van der Waals surface area (Å²) in [6.07, 6.45) is 2.13. The van der Waals surface area contributed by atoms with Crippen molar-refractivity contribution < 1.29 is 4.39 Å². The zero-order chi connectivity index (χ0) is 9.26. The number of hydrogen-bond donors (Lipinski definition) is 0. The van der Waals surface area contributed by atoms with Gasteiger partial charge in [0.1, 0.15) is 6.17 Å². The van der Waals surface area contributed by atoms with Gasteiger partial charge in [-0.1, -0.05) is 28.1 Å². The summed E-state index contributed by atoms with van der Waals surface area (Å²) in [5, 5.41) is 0. The predicted molar refractivity (Wildman–Crippen MR) is 55.6 cm³/mol. The lowest BCUT2D eigenvalue weighted by Gasteiger charge is -2.12. The zero-order valence-electron chi connectivity index (χ0n) is 7.34. The van der Waals surface area contributed by atoms with Crippen molar-refractivity contribution >= 4 is 15.9 Å². The molecule has 2 atom stereocenters. The first kappa shape index (κ1) is 9.20. The lowest BCUT2D eigenvalue weighted by Crippen LogP contribution is -2.05. The van der Waals surface area contributed by atoms with Crippen LogP contribution in [0.2, 0.25) is 0 Å². The van der Waals surface area contributed by atoms with Crippen molar-refractivity contribution in [3.05, 3.63) is 34.3 Å². The number of alkyl halides is 1. The summed E-state index contributed by atoms with van der Waals surface area (Å²) < 4.78 is 14.4. The van der Waals surface area contributed by atoms with Crippen LogP contribution in [0.3, 0.4) is 0 Å². The Labute approximate surface area is 86.3 Å². The number of hydrogen-bond acceptors (Lipinski definition) is 0. The van der Waals surface area contributed by atoms with E-state index in [1.54, 1.807) is 0 Å². The van der Waals surface area contributed by atoms with Crippen molar-refractivity contribution in [1.82, 2.24) is 0 Å². The summed E-state index contributed by atoms with van der Waals surface area (Å²) in [6.45, 7) is 0. The molecule has 0 radical (unpaired) electrons. The largest absolute Gasteiger partial charge is 0.247 e. The average Bonchev–Trinajstić information content (AvgIpc) is 2.51. The lowest BCUT2D eigenvalue weighted by atomic mass is 9.97. The molecule has 2 rings (SSSR count). The van der Waals surface area contributed by atoms with Gasteiger partial charge in [-0.25, -0.2) is 4.39 Å². The first-order chi connectivity index (χ1) is 6.27. The molecule has 1 aliphatic rings. The zero-order valence-corrected chi connectivity index (χ0v) is 8.93. The van der Waals surface area contributed by atoms with Crippen molar-refractivity contribution in [3.8, 4) is 0 Å². The van der Waals surface area contributed by atoms with Crippen LogP contribution in [-0.4, -0.2) is 6.17 Å². The minimum Gasteiger partial charge on any atom is -0.247 e. The van der Waals surface area contributed by atoms with E-state index in [0.29, 0.717) is 0 Å². The summed E-state index contributed by atoms with van der Waals surface area (Å²) in [5.74, 6) is 0.137. The maximum absolute atomic E-state index is 13.4. The molecule has 1 aromatic rings. The number of halogens is 2. The van der Waals surface area contributed by atoms with Gasteiger partial charge in [0.2, 0.25) is 0 Å². The fourth-order valence-electron chi connectivity index (χ4n) is 2.03. The van der Waals surface area contributed by atoms with E-state index in [0.717, 1.165) is 29.3 Å². The maximum atomic E-state index is 13.4. The fraction of sp³-hybridized carbons (Fsp3) is 0.455. The van der Waals surface area contributed by atoms with E-state index >= 15 is 0 Å². The van der Waals surface area contributed by atoms with Gasteiger partial charge in [-0.05, 0) is 37.0 Å². The summed E-state index contributed by atoms with van der Waals surface area (Å²) in [6, 6.07) is 8.01. The van der Waals surface area contributed by atoms with Gasteiger partial charge < -0.3 is 0 Å². The Morgan fingerprint density at radius 1 is 1.31 bits per heavy atom. The topological polar surface area (TPSA) is 0 Å². The van der Waals surface area contributed by atoms with Gasteiger partial charge in [0.15, 0.2) is 0 Å². The number of benzene rings is 1. The Hall–Kier alpha value is -0.370. The predicted octanol–water partition coefficient (Wildman–Crippen LogP) is 4.05. The molecule has 2 heteroatoms. The highest BCUT2D eigenvalue weighted by atomic mass is 79.9. The van der Waals surface area contributed by atoms with Crippen LogP contribution < -0.4 is 0 Å². The van der Waals surface area contributed by atoms with Crippen LogP contribution in [0.15, 0.2) is 28.7 Å². The molecule has 1 saturated carbocycles. The van der Waals surface area contributed by atoms with Crippen molar-refractivity contribution in [2.24, 2.45) is 0 Å². The maximum Gasteiger partial charge on any atom is 0.107 e. The minimum atomic E-state index is -0.630. The van der Waals surface area contributed by atoms with Crippen molar-refractivity contribution in [2.75, 3.05) is 0 Å². The van der Waals surface area contributed by atoms with Crippen molar-refractivity contribution in [2.45, 2.75) is 31.4 Å². The first-order valence-corrected chi connectivity index (χ1v) is 5.46. The van der Waals surface area contributed by atoms with Crippen LogP contribution in [0.25, 0.3) is 0 Å². The first-order valence-electron chi connectivity index (χ1n) is 4.67. The van der Waals surface area contributed by atoms with Crippen LogP contribution in [0, 0.1) is 0 Å². The SMILES string of the molecule is FC1CCCC1c1cccc(Br)c1. The highest BCUT2D eigenvalue weighted by Crippen LogP contribution is 2.37. The molecule has 0 N–H and O–H groups in total. The van der Waals surface area contributed by atoms with Gasteiger partial charge in [0.05, 0.1) is 0 Å². The molecule has 1 aromatic carbocycles. The Bertz CT molecular complexity index is 298. The van der Waals surface area contributed by atoms with Crippen LogP contribution in [-0.2, 0) is 0 Å². The molecule has 70 valence electrons. The Morgan fingerprint density at radius 3 is 2.77 bits per heavy atom. The van der Waals surface area contributed by atoms with Gasteiger partial charge in [-0.15, -0.1) is 0 Å². The molecule has 0 amide bonds. The molecular weight excluding hydrogens is 231 g/mol. The van der Waals surface area contributed by atoms with Gasteiger partial charge in [0.25, 0.3) is 0 Å². The second kappa shape index (κ2) is 3.79. The van der Waals surface area contributed by atoms with Crippen LogP contribution in [0.5, 0.6) is 0 Å². The highest BCUT2D eigenvalue weighted by molar-refractivity contribution is 9.10. The van der Waals surface area contributed by atoms with E-state index < -0.39 is 6.17 Å². The third-order valence-electron chi connectivity index (χ3n) is 2.71. The molecule has 0 bridgehead atoms. The Morgan fingerprint density at radius 2 is 2.15 bits per heavy atom. The lowest BCUT2D eigenvalue weighted by molar-refractivity contribution is 0.312. The molecule has 0 spiro atoms. The molecule has 1 aliphatic carbocycles. The van der Waals surface area contributed by atoms with Crippen molar-refractivity contribution in [1.29, 1.82) is 0 Å². The molecule has 0 heterocycles. The van der Waals surface area contributed by atoms with Gasteiger partial charge in [-0.2, -0.15) is 0 Å². The third-order valence-corrected chi connectivity index (χ3v) is 3.20. The second-order valence-corrected chi connectivity index (χ2v) is 4.52. The number of rotatable bonds is 1. The van der Waals surface area contributed by atoms with Crippen LogP contribution >= 0.6 is 15.9 Å². The molecule has 0 nitrogen and oxygen atoms in total. The van der Waals surface area contributed by atoms with E-state index in [1.165, 1.54) is 0 Å². The standard InChI is InChI=1S/C11H12BrF/c12-9-4-1-3-8(7-9)10-5-2-6-11(10)13/h1,3-4,7,10-11H,2,5-6H2. The average molecular weight is 243 g/mol. The molecule has 13 heavy (non-hydrogen) atoms. The highest BCUT2D eigenvalue weighted by Gasteiger charge is 2.28. The molecule has 0 aromatic heterocycles. The van der Waals surface area contributed by atoms with Gasteiger partial charge >= 0.3 is 0 Å². The van der Waals surface area contributed by atoms with Crippen LogP contribution in [0.1, 0.15) is 30.7 Å². The summed E-state index contributed by atoms with van der Waals surface area (Å²) in [7, 11) is 0. The van der Waals surface area contributed by atoms with E-state index in [2.05, 4.69) is 15.9 Å². The summed E-state index contributed by atoms with van der Waals surface area (Å²) in [4.78, 5) is 0. The van der Waals surface area contributed by atoms with E-state index in [4.69, 9.17) is 0 Å². The monoisotopic (exact) mass is 242 g/mol. The van der Waals surface area contributed by atoms with E-state index in [-0.39, 0.29) is 5.92 Å². The fourth-order valence-corrected chi connectivity index (χ4v) is 2.44. The van der Waals surface area contributed by atoms with Gasteiger partial charge in [-0.3, -0.25) is 0 Å². The summed E-state index contributed by atoms with van der Waals surface area (Å²) >= 11 is 3.41. The molecule has 0 aliphatic heterocycles. The summed E-state index contributed by atoms with van der Waals surface area (Å²) in [5.41, 5.74) is 1.14. The van der Waals surface area contributed by atoms with Crippen LogP contribution in [0.4, 0.5) is 4.39 Å². The molecule has 0 saturated heterocycles. The molecule has 1 fully saturated rings. The quantitative estimate of drug-likeness (QED) is 0.697. The second-order valence-electron chi connectivity index (χ2n) is 3.61. The van der Waals surface area contributed by atoms with Gasteiger partial charge in [0, 0.05) is 10.4 Å².